The number of methoxy groups -OCH3 is 1. The molecule has 4 heterocycles. The molecular formula is C31H33N5O2S. The molecule has 0 aliphatic carbocycles. The molecule has 2 aromatic heterocycles. The molecule has 200 valence electrons. The monoisotopic (exact) mass is 539 g/mol. The van der Waals surface area contributed by atoms with Crippen LogP contribution in [0.15, 0.2) is 79.0 Å². The summed E-state index contributed by atoms with van der Waals surface area (Å²) in [5.41, 5.74) is 7.80. The van der Waals surface area contributed by atoms with Gasteiger partial charge < -0.3 is 29.2 Å². The summed E-state index contributed by atoms with van der Waals surface area (Å²) in [7, 11) is 1.70. The fraction of sp³-hybridized carbons (Fsp3) is 0.290. The molecule has 2 aromatic carbocycles. The quantitative estimate of drug-likeness (QED) is 0.324. The molecule has 6 rings (SSSR count). The lowest BCUT2D eigenvalue weighted by Crippen LogP contribution is -2.36. The first-order chi connectivity index (χ1) is 19.0. The second kappa shape index (κ2) is 10.7. The fourth-order valence-electron chi connectivity index (χ4n) is 5.83. The number of ether oxygens (including phenoxy) is 2. The van der Waals surface area contributed by atoms with E-state index in [-0.39, 0.29) is 12.1 Å². The zero-order chi connectivity index (χ0) is 26.9. The van der Waals surface area contributed by atoms with E-state index in [4.69, 9.17) is 26.7 Å². The first-order valence-corrected chi connectivity index (χ1v) is 13.7. The minimum absolute atomic E-state index is 0.0767. The average molecular weight is 540 g/mol. The van der Waals surface area contributed by atoms with Gasteiger partial charge in [0.2, 0.25) is 0 Å². The maximum absolute atomic E-state index is 5.98. The molecule has 0 radical (unpaired) electrons. The Morgan fingerprint density at radius 1 is 0.923 bits per heavy atom. The zero-order valence-corrected chi connectivity index (χ0v) is 23.3. The molecule has 0 unspecified atom stereocenters. The Labute approximate surface area is 235 Å². The van der Waals surface area contributed by atoms with Crippen LogP contribution < -0.4 is 19.9 Å². The van der Waals surface area contributed by atoms with Gasteiger partial charge in [-0.1, -0.05) is 12.1 Å². The van der Waals surface area contributed by atoms with Gasteiger partial charge in [-0.3, -0.25) is 4.98 Å². The molecule has 7 nitrogen and oxygen atoms in total. The molecule has 2 saturated heterocycles. The molecule has 39 heavy (non-hydrogen) atoms. The Kier molecular flexibility index (Phi) is 6.97. The summed E-state index contributed by atoms with van der Waals surface area (Å²) in [6.07, 6.45) is 1.84. The second-order valence-electron chi connectivity index (χ2n) is 9.98. The first-order valence-electron chi connectivity index (χ1n) is 13.3. The normalized spacial score (nSPS) is 19.3. The maximum Gasteiger partial charge on any atom is 0.174 e. The van der Waals surface area contributed by atoms with Gasteiger partial charge in [0.05, 0.1) is 38.1 Å². The van der Waals surface area contributed by atoms with Crippen molar-refractivity contribution in [1.29, 1.82) is 0 Å². The number of pyridine rings is 1. The molecule has 1 N–H and O–H groups in total. The van der Waals surface area contributed by atoms with Crippen molar-refractivity contribution in [1.82, 2.24) is 14.9 Å². The summed E-state index contributed by atoms with van der Waals surface area (Å²) in [4.78, 5) is 9.33. The van der Waals surface area contributed by atoms with Crippen molar-refractivity contribution in [3.63, 3.8) is 0 Å². The molecule has 0 saturated carbocycles. The molecule has 0 amide bonds. The largest absolute Gasteiger partial charge is 0.497 e. The number of thiocarbonyl (C=S) groups is 1. The van der Waals surface area contributed by atoms with E-state index >= 15 is 0 Å². The Bertz CT molecular complexity index is 1460. The number of hydrogen-bond donors (Lipinski definition) is 1. The molecule has 2 fully saturated rings. The van der Waals surface area contributed by atoms with Crippen LogP contribution in [0.3, 0.4) is 0 Å². The van der Waals surface area contributed by atoms with Crippen LogP contribution in [-0.4, -0.2) is 48.1 Å². The number of nitrogens with one attached hydrogen (secondary N) is 1. The van der Waals surface area contributed by atoms with E-state index in [1.807, 2.05) is 30.5 Å². The summed E-state index contributed by atoms with van der Waals surface area (Å²) < 4.78 is 13.3. The summed E-state index contributed by atoms with van der Waals surface area (Å²) in [6, 6.07) is 25.1. The second-order valence-corrected chi connectivity index (χ2v) is 10.4. The Hall–Kier alpha value is -3.88. The summed E-state index contributed by atoms with van der Waals surface area (Å²) in [6.45, 7) is 7.66. The van der Waals surface area contributed by atoms with E-state index in [0.717, 1.165) is 60.5 Å². The van der Waals surface area contributed by atoms with Gasteiger partial charge in [-0.2, -0.15) is 0 Å². The van der Waals surface area contributed by atoms with Crippen LogP contribution >= 0.6 is 12.2 Å². The molecule has 2 atom stereocenters. The van der Waals surface area contributed by atoms with Crippen molar-refractivity contribution in [2.45, 2.75) is 25.9 Å². The number of nitrogens with zero attached hydrogens (tertiary/aromatic N) is 4. The van der Waals surface area contributed by atoms with Crippen LogP contribution in [0.25, 0.3) is 5.69 Å². The number of aryl methyl sites for hydroxylation is 1. The SMILES string of the molecule is COc1cccc(-n2c(C)cc([C@@H]3[C@H](c4ccccn4)NC(=S)N3c3ccc(N4CCOCC4)cc3)c2C)c1. The topological polar surface area (TPSA) is 54.8 Å². The van der Waals surface area contributed by atoms with Gasteiger partial charge in [0.1, 0.15) is 5.75 Å². The number of morpholine rings is 1. The van der Waals surface area contributed by atoms with Gasteiger partial charge in [0, 0.05) is 53.8 Å². The van der Waals surface area contributed by atoms with Crippen LogP contribution in [0.5, 0.6) is 5.75 Å². The van der Waals surface area contributed by atoms with Crippen LogP contribution in [-0.2, 0) is 4.74 Å². The number of benzene rings is 2. The van der Waals surface area contributed by atoms with E-state index in [2.05, 4.69) is 82.1 Å². The molecular weight excluding hydrogens is 506 g/mol. The van der Waals surface area contributed by atoms with Crippen LogP contribution in [0.2, 0.25) is 0 Å². The Morgan fingerprint density at radius 2 is 1.69 bits per heavy atom. The third kappa shape index (κ3) is 4.75. The van der Waals surface area contributed by atoms with Crippen molar-refractivity contribution >= 4 is 28.7 Å². The predicted molar refractivity (Wildman–Crippen MR) is 159 cm³/mol. The zero-order valence-electron chi connectivity index (χ0n) is 22.5. The van der Waals surface area contributed by atoms with Gasteiger partial charge in [-0.15, -0.1) is 0 Å². The van der Waals surface area contributed by atoms with E-state index in [9.17, 15) is 0 Å². The van der Waals surface area contributed by atoms with Crippen molar-refractivity contribution < 1.29 is 9.47 Å². The minimum atomic E-state index is -0.100. The molecule has 2 aliphatic rings. The maximum atomic E-state index is 5.98. The number of anilines is 2. The van der Waals surface area contributed by atoms with Crippen molar-refractivity contribution in [2.24, 2.45) is 0 Å². The van der Waals surface area contributed by atoms with Crippen LogP contribution in [0.4, 0.5) is 11.4 Å². The molecule has 0 spiro atoms. The summed E-state index contributed by atoms with van der Waals surface area (Å²) in [5, 5.41) is 4.29. The Morgan fingerprint density at radius 3 is 2.41 bits per heavy atom. The van der Waals surface area contributed by atoms with E-state index in [0.29, 0.717) is 5.11 Å². The average Bonchev–Trinajstić information content (AvgIpc) is 3.48. The smallest absolute Gasteiger partial charge is 0.174 e. The third-order valence-corrected chi connectivity index (χ3v) is 8.02. The van der Waals surface area contributed by atoms with Crippen LogP contribution in [0, 0.1) is 13.8 Å². The standard InChI is InChI=1S/C31H33N5O2S/c1-21-19-27(22(2)35(21)25-7-6-8-26(20-25)37-3)30-29(28-9-4-5-14-32-28)33-31(39)36(30)24-12-10-23(11-13-24)34-15-17-38-18-16-34/h4-14,19-20,29-30H,15-18H2,1-3H3,(H,33,39)/t29-,30+/m0/s1. The van der Waals surface area contributed by atoms with Crippen molar-refractivity contribution in [3.8, 4) is 11.4 Å². The highest BCUT2D eigenvalue weighted by molar-refractivity contribution is 7.80. The highest BCUT2D eigenvalue weighted by Gasteiger charge is 2.42. The minimum Gasteiger partial charge on any atom is -0.497 e. The lowest BCUT2D eigenvalue weighted by Gasteiger charge is -2.31. The van der Waals surface area contributed by atoms with Gasteiger partial charge in [0.15, 0.2) is 5.11 Å². The Balaban J connectivity index is 1.43. The van der Waals surface area contributed by atoms with Gasteiger partial charge in [0.25, 0.3) is 0 Å². The fourth-order valence-corrected chi connectivity index (χ4v) is 6.17. The van der Waals surface area contributed by atoms with Gasteiger partial charge in [-0.05, 0) is 86.2 Å². The number of rotatable bonds is 6. The number of aromatic nitrogens is 2. The molecule has 8 heteroatoms. The van der Waals surface area contributed by atoms with Crippen LogP contribution in [0.1, 0.15) is 34.7 Å². The molecule has 0 bridgehead atoms. The van der Waals surface area contributed by atoms with Crippen molar-refractivity contribution in [2.75, 3.05) is 43.2 Å². The van der Waals surface area contributed by atoms with E-state index in [1.165, 1.54) is 11.3 Å². The first kappa shape index (κ1) is 25.4. The lowest BCUT2D eigenvalue weighted by molar-refractivity contribution is 0.122. The van der Waals surface area contributed by atoms with E-state index in [1.54, 1.807) is 7.11 Å². The van der Waals surface area contributed by atoms with E-state index < -0.39 is 0 Å². The summed E-state index contributed by atoms with van der Waals surface area (Å²) in [5.74, 6) is 0.832. The van der Waals surface area contributed by atoms with Gasteiger partial charge in [-0.25, -0.2) is 0 Å². The highest BCUT2D eigenvalue weighted by atomic mass is 32.1. The number of hydrogen-bond acceptors (Lipinski definition) is 5. The van der Waals surface area contributed by atoms with Crippen molar-refractivity contribution in [3.05, 3.63) is 102 Å². The highest BCUT2D eigenvalue weighted by Crippen LogP contribution is 2.44. The predicted octanol–water partition coefficient (Wildman–Crippen LogP) is 5.51. The molecule has 2 aliphatic heterocycles. The lowest BCUT2D eigenvalue weighted by atomic mass is 9.96. The molecule has 4 aromatic rings. The summed E-state index contributed by atoms with van der Waals surface area (Å²) >= 11 is 5.98. The van der Waals surface area contributed by atoms with Gasteiger partial charge >= 0.3 is 0 Å². The third-order valence-electron chi connectivity index (χ3n) is 7.70.